The van der Waals surface area contributed by atoms with Crippen LogP contribution in [0, 0.1) is 17.2 Å². The maximum Gasteiger partial charge on any atom is 0.240 e. The van der Waals surface area contributed by atoms with Gasteiger partial charge in [0.25, 0.3) is 0 Å². The zero-order valence-corrected chi connectivity index (χ0v) is 18.3. The summed E-state index contributed by atoms with van der Waals surface area (Å²) in [5.74, 6) is 1.63. The molecule has 1 aromatic heterocycles. The van der Waals surface area contributed by atoms with Crippen molar-refractivity contribution in [1.82, 2.24) is 14.8 Å². The van der Waals surface area contributed by atoms with Crippen molar-refractivity contribution in [1.29, 1.82) is 5.26 Å². The first-order valence-electron chi connectivity index (χ1n) is 11.2. The summed E-state index contributed by atoms with van der Waals surface area (Å²) in [4.78, 5) is 22.0. The summed E-state index contributed by atoms with van der Waals surface area (Å²) in [6.07, 6.45) is 5.56. The molecule has 4 rings (SSSR count). The lowest BCUT2D eigenvalue weighted by molar-refractivity contribution is -0.141. The molecule has 1 aliphatic carbocycles. The number of hydrogen-bond donors (Lipinski definition) is 0. The normalized spacial score (nSPS) is 28.7. The molecule has 0 spiro atoms. The van der Waals surface area contributed by atoms with Gasteiger partial charge in [-0.25, -0.2) is 4.98 Å². The van der Waals surface area contributed by atoms with Gasteiger partial charge in [-0.2, -0.15) is 5.26 Å². The Labute approximate surface area is 178 Å². The van der Waals surface area contributed by atoms with E-state index in [-0.39, 0.29) is 17.9 Å². The second-order valence-corrected chi connectivity index (χ2v) is 9.25. The molecule has 1 saturated heterocycles. The molecule has 0 N–H and O–H groups in total. The van der Waals surface area contributed by atoms with Crippen molar-refractivity contribution < 1.29 is 9.21 Å². The Balaban J connectivity index is 1.46. The van der Waals surface area contributed by atoms with Crippen LogP contribution in [0.25, 0.3) is 11.1 Å². The molecule has 2 aliphatic rings. The maximum absolute atomic E-state index is 13.4. The second kappa shape index (κ2) is 8.39. The third-order valence-corrected chi connectivity index (χ3v) is 7.30. The SMILES string of the molecule is CC1CCC(C#N)(N(C)C(=O)C(C)N2CCCC(c3nc4ccccc4o3)C2)CC1. The predicted molar refractivity (Wildman–Crippen MR) is 116 cm³/mol. The zero-order valence-electron chi connectivity index (χ0n) is 18.3. The Morgan fingerprint density at radius 3 is 2.77 bits per heavy atom. The lowest BCUT2D eigenvalue weighted by Crippen LogP contribution is -2.57. The third-order valence-electron chi connectivity index (χ3n) is 7.30. The minimum atomic E-state index is -0.659. The largest absolute Gasteiger partial charge is 0.440 e. The fraction of sp³-hybridized carbons (Fsp3) is 0.625. The number of benzene rings is 1. The van der Waals surface area contributed by atoms with Gasteiger partial charge in [-0.1, -0.05) is 19.1 Å². The number of nitrogens with zero attached hydrogens (tertiary/aromatic N) is 4. The second-order valence-electron chi connectivity index (χ2n) is 9.25. The van der Waals surface area contributed by atoms with Crippen LogP contribution >= 0.6 is 0 Å². The van der Waals surface area contributed by atoms with Crippen molar-refractivity contribution in [2.45, 2.75) is 69.9 Å². The van der Waals surface area contributed by atoms with Gasteiger partial charge in [-0.05, 0) is 70.0 Å². The van der Waals surface area contributed by atoms with E-state index in [1.807, 2.05) is 38.2 Å². The molecule has 30 heavy (non-hydrogen) atoms. The highest BCUT2D eigenvalue weighted by atomic mass is 16.3. The van der Waals surface area contributed by atoms with E-state index in [1.165, 1.54) is 0 Å². The van der Waals surface area contributed by atoms with Crippen LogP contribution in [0.15, 0.2) is 28.7 Å². The van der Waals surface area contributed by atoms with Crippen LogP contribution in [0.4, 0.5) is 0 Å². The van der Waals surface area contributed by atoms with E-state index in [4.69, 9.17) is 4.42 Å². The molecule has 6 heteroatoms. The fourth-order valence-electron chi connectivity index (χ4n) is 5.03. The summed E-state index contributed by atoms with van der Waals surface area (Å²) in [7, 11) is 1.82. The Kier molecular flexibility index (Phi) is 5.84. The molecule has 2 heterocycles. The molecular weight excluding hydrogens is 376 g/mol. The highest BCUT2D eigenvalue weighted by Crippen LogP contribution is 2.36. The summed E-state index contributed by atoms with van der Waals surface area (Å²) in [6, 6.07) is 10.1. The summed E-state index contributed by atoms with van der Waals surface area (Å²) >= 11 is 0. The molecule has 1 aliphatic heterocycles. The van der Waals surface area contributed by atoms with Crippen molar-refractivity contribution in [2.75, 3.05) is 20.1 Å². The van der Waals surface area contributed by atoms with Gasteiger partial charge in [0, 0.05) is 19.5 Å². The zero-order chi connectivity index (χ0) is 21.3. The lowest BCUT2D eigenvalue weighted by Gasteiger charge is -2.44. The van der Waals surface area contributed by atoms with Crippen LogP contribution in [-0.4, -0.2) is 52.4 Å². The van der Waals surface area contributed by atoms with E-state index in [9.17, 15) is 10.1 Å². The van der Waals surface area contributed by atoms with Crippen molar-refractivity contribution >= 4 is 17.0 Å². The minimum Gasteiger partial charge on any atom is -0.440 e. The van der Waals surface area contributed by atoms with E-state index >= 15 is 0 Å². The first-order valence-corrected chi connectivity index (χ1v) is 11.2. The van der Waals surface area contributed by atoms with Crippen LogP contribution in [0.5, 0.6) is 0 Å². The smallest absolute Gasteiger partial charge is 0.240 e. The number of para-hydroxylation sites is 2. The van der Waals surface area contributed by atoms with E-state index in [0.29, 0.717) is 5.92 Å². The molecule has 6 nitrogen and oxygen atoms in total. The number of amides is 1. The summed E-state index contributed by atoms with van der Waals surface area (Å²) in [6.45, 7) is 5.84. The lowest BCUT2D eigenvalue weighted by atomic mass is 9.77. The molecule has 2 atom stereocenters. The number of likely N-dealkylation sites (N-methyl/N-ethyl adjacent to an activating group) is 1. The number of aromatic nitrogens is 1. The van der Waals surface area contributed by atoms with Crippen molar-refractivity contribution in [2.24, 2.45) is 5.92 Å². The van der Waals surface area contributed by atoms with E-state index < -0.39 is 5.54 Å². The van der Waals surface area contributed by atoms with Crippen LogP contribution in [0.3, 0.4) is 0 Å². The van der Waals surface area contributed by atoms with Crippen LogP contribution in [0.2, 0.25) is 0 Å². The quantitative estimate of drug-likeness (QED) is 0.753. The molecule has 1 amide bonds. The highest BCUT2D eigenvalue weighted by molar-refractivity contribution is 5.82. The van der Waals surface area contributed by atoms with Crippen molar-refractivity contribution in [3.63, 3.8) is 0 Å². The van der Waals surface area contributed by atoms with Gasteiger partial charge < -0.3 is 9.32 Å². The van der Waals surface area contributed by atoms with Crippen molar-refractivity contribution in [3.8, 4) is 6.07 Å². The van der Waals surface area contributed by atoms with Crippen LogP contribution in [-0.2, 0) is 4.79 Å². The van der Waals surface area contributed by atoms with Gasteiger partial charge in [-0.15, -0.1) is 0 Å². The third kappa shape index (κ3) is 3.83. The molecular formula is C24H32N4O2. The highest BCUT2D eigenvalue weighted by Gasteiger charge is 2.43. The van der Waals surface area contributed by atoms with E-state index in [0.717, 1.165) is 68.6 Å². The number of hydrogen-bond acceptors (Lipinski definition) is 5. The van der Waals surface area contributed by atoms with Gasteiger partial charge in [0.15, 0.2) is 11.5 Å². The first-order chi connectivity index (χ1) is 14.4. The van der Waals surface area contributed by atoms with E-state index in [1.54, 1.807) is 4.90 Å². The topological polar surface area (TPSA) is 73.4 Å². The molecule has 1 aromatic carbocycles. The number of nitriles is 1. The first kappa shape index (κ1) is 20.9. The number of rotatable bonds is 4. The molecule has 0 radical (unpaired) electrons. The van der Waals surface area contributed by atoms with Gasteiger partial charge in [0.2, 0.25) is 5.91 Å². The van der Waals surface area contributed by atoms with Crippen LogP contribution in [0.1, 0.15) is 64.2 Å². The monoisotopic (exact) mass is 408 g/mol. The Hall–Kier alpha value is -2.39. The Morgan fingerprint density at radius 1 is 1.33 bits per heavy atom. The molecule has 160 valence electrons. The average Bonchev–Trinajstić information content (AvgIpc) is 3.23. The molecule has 2 unspecified atom stereocenters. The van der Waals surface area contributed by atoms with Crippen molar-refractivity contribution in [3.05, 3.63) is 30.2 Å². The number of carbonyl (C=O) groups excluding carboxylic acids is 1. The molecule has 2 aromatic rings. The van der Waals surface area contributed by atoms with Gasteiger partial charge in [0.1, 0.15) is 11.1 Å². The summed E-state index contributed by atoms with van der Waals surface area (Å²) < 4.78 is 6.01. The number of likely N-dealkylation sites (tertiary alicyclic amines) is 1. The predicted octanol–water partition coefficient (Wildman–Crippen LogP) is 4.33. The number of oxazole rings is 1. The number of fused-ring (bicyclic) bond motifs is 1. The fourth-order valence-corrected chi connectivity index (χ4v) is 5.03. The molecule has 2 fully saturated rings. The van der Waals surface area contributed by atoms with Gasteiger partial charge >= 0.3 is 0 Å². The Morgan fingerprint density at radius 2 is 2.07 bits per heavy atom. The Bertz CT molecular complexity index is 905. The van der Waals surface area contributed by atoms with Crippen LogP contribution < -0.4 is 0 Å². The number of carbonyl (C=O) groups is 1. The van der Waals surface area contributed by atoms with Gasteiger partial charge in [0.05, 0.1) is 12.1 Å². The standard InChI is InChI=1S/C24H32N4O2/c1-17-10-12-24(16-25,13-11-17)27(3)23(29)18(2)28-14-6-7-19(15-28)22-26-20-8-4-5-9-21(20)30-22/h4-5,8-9,17-19H,6-7,10-15H2,1-3H3. The number of piperidine rings is 1. The summed E-state index contributed by atoms with van der Waals surface area (Å²) in [5, 5.41) is 9.92. The maximum atomic E-state index is 13.4. The van der Waals surface area contributed by atoms with E-state index in [2.05, 4.69) is 22.9 Å². The minimum absolute atomic E-state index is 0.0457. The van der Waals surface area contributed by atoms with Gasteiger partial charge in [-0.3, -0.25) is 9.69 Å². The summed E-state index contributed by atoms with van der Waals surface area (Å²) in [5.41, 5.74) is 1.04. The molecule has 1 saturated carbocycles. The molecule has 0 bridgehead atoms. The average molecular weight is 409 g/mol.